The Morgan fingerprint density at radius 1 is 1.12 bits per heavy atom. The Morgan fingerprint density at radius 3 is 2.52 bits per heavy atom. The van der Waals surface area contributed by atoms with Gasteiger partial charge in [-0.05, 0) is 65.2 Å². The molecule has 0 heterocycles. The second-order valence-corrected chi connectivity index (χ2v) is 8.14. The molecule has 0 aliphatic rings. The molecule has 0 fully saturated rings. The molecule has 0 atom stereocenters. The van der Waals surface area contributed by atoms with E-state index in [1.54, 1.807) is 19.1 Å². The smallest absolute Gasteiger partial charge is 0.252 e. The van der Waals surface area contributed by atoms with Gasteiger partial charge in [-0.3, -0.25) is 4.79 Å². The Morgan fingerprint density at radius 2 is 1.84 bits per heavy atom. The molecule has 25 heavy (non-hydrogen) atoms. The van der Waals surface area contributed by atoms with Gasteiger partial charge in [-0.2, -0.15) is 0 Å². The lowest BCUT2D eigenvalue weighted by Crippen LogP contribution is -2.35. The summed E-state index contributed by atoms with van der Waals surface area (Å²) in [6, 6.07) is 8.93. The molecular weight excluding hydrogens is 411 g/mol. The van der Waals surface area contributed by atoms with Gasteiger partial charge in [0.15, 0.2) is 0 Å². The first-order chi connectivity index (χ1) is 11.7. The highest BCUT2D eigenvalue weighted by Crippen LogP contribution is 2.18. The molecule has 0 aromatic heterocycles. The predicted molar refractivity (Wildman–Crippen MR) is 97.5 cm³/mol. The van der Waals surface area contributed by atoms with E-state index in [2.05, 4.69) is 26.0 Å². The van der Waals surface area contributed by atoms with E-state index < -0.39 is 21.7 Å². The maximum absolute atomic E-state index is 13.0. The van der Waals surface area contributed by atoms with E-state index >= 15 is 0 Å². The molecule has 0 bridgehead atoms. The summed E-state index contributed by atoms with van der Waals surface area (Å²) in [4.78, 5) is 12.3. The number of aryl methyl sites for hydroxylation is 2. The van der Waals surface area contributed by atoms with E-state index in [0.717, 1.165) is 5.56 Å². The first-order valence-corrected chi connectivity index (χ1v) is 9.78. The van der Waals surface area contributed by atoms with Crippen LogP contribution in [0.25, 0.3) is 0 Å². The molecule has 2 aromatic rings. The number of benzene rings is 2. The molecule has 134 valence electrons. The molecule has 0 unspecified atom stereocenters. The van der Waals surface area contributed by atoms with Crippen LogP contribution in [-0.4, -0.2) is 27.4 Å². The number of carbonyl (C=O) groups excluding carboxylic acids is 1. The van der Waals surface area contributed by atoms with E-state index in [0.29, 0.717) is 10.0 Å². The average Bonchev–Trinajstić information content (AvgIpc) is 2.53. The van der Waals surface area contributed by atoms with Crippen molar-refractivity contribution in [2.75, 3.05) is 13.1 Å². The third-order valence-corrected chi connectivity index (χ3v) is 5.77. The second-order valence-electron chi connectivity index (χ2n) is 5.55. The zero-order valence-electron chi connectivity index (χ0n) is 13.8. The Kier molecular flexibility index (Phi) is 6.31. The van der Waals surface area contributed by atoms with Gasteiger partial charge in [0.25, 0.3) is 5.91 Å². The summed E-state index contributed by atoms with van der Waals surface area (Å²) in [5.41, 5.74) is 1.77. The molecule has 5 nitrogen and oxygen atoms in total. The van der Waals surface area contributed by atoms with Crippen molar-refractivity contribution in [3.8, 4) is 0 Å². The maximum Gasteiger partial charge on any atom is 0.252 e. The first-order valence-electron chi connectivity index (χ1n) is 7.51. The van der Waals surface area contributed by atoms with Crippen LogP contribution in [0.4, 0.5) is 4.39 Å². The third kappa shape index (κ3) is 5.10. The predicted octanol–water partition coefficient (Wildman–Crippen LogP) is 2.91. The van der Waals surface area contributed by atoms with Crippen LogP contribution >= 0.6 is 15.9 Å². The number of nitrogens with one attached hydrogen (secondary N) is 2. The fraction of sp³-hybridized carbons (Fsp3) is 0.235. The van der Waals surface area contributed by atoms with Crippen LogP contribution in [0.15, 0.2) is 45.8 Å². The van der Waals surface area contributed by atoms with Crippen LogP contribution in [0, 0.1) is 19.7 Å². The fourth-order valence-electron chi connectivity index (χ4n) is 2.20. The van der Waals surface area contributed by atoms with Gasteiger partial charge >= 0.3 is 0 Å². The Balaban J connectivity index is 1.94. The highest BCUT2D eigenvalue weighted by molar-refractivity contribution is 9.10. The fourth-order valence-corrected chi connectivity index (χ4v) is 4.10. The van der Waals surface area contributed by atoms with E-state index in [-0.39, 0.29) is 23.5 Å². The summed E-state index contributed by atoms with van der Waals surface area (Å²) in [5, 5.41) is 2.59. The molecule has 0 aliphatic heterocycles. The van der Waals surface area contributed by atoms with E-state index in [1.807, 2.05) is 13.0 Å². The van der Waals surface area contributed by atoms with E-state index in [1.165, 1.54) is 18.2 Å². The lowest BCUT2D eigenvalue weighted by atomic mass is 10.2. The minimum absolute atomic E-state index is 0.0419. The zero-order valence-corrected chi connectivity index (χ0v) is 16.2. The van der Waals surface area contributed by atoms with Gasteiger partial charge in [0.05, 0.1) is 10.5 Å². The summed E-state index contributed by atoms with van der Waals surface area (Å²) >= 11 is 3.12. The minimum Gasteiger partial charge on any atom is -0.351 e. The standard InChI is InChI=1S/C17H18BrFN2O3S/c1-11-3-4-12(2)16(9-11)25(23,24)21-8-7-20-17(22)14-6-5-13(19)10-15(14)18/h3-6,9-10,21H,7-8H2,1-2H3,(H,20,22). The lowest BCUT2D eigenvalue weighted by Gasteiger charge is -2.11. The second kappa shape index (κ2) is 8.07. The molecular formula is C17H18BrFN2O3S. The summed E-state index contributed by atoms with van der Waals surface area (Å²) in [6.07, 6.45) is 0. The molecule has 1 amide bonds. The molecule has 2 rings (SSSR count). The van der Waals surface area contributed by atoms with Crippen LogP contribution in [0.2, 0.25) is 0 Å². The van der Waals surface area contributed by atoms with E-state index in [9.17, 15) is 17.6 Å². The van der Waals surface area contributed by atoms with Crippen molar-refractivity contribution in [2.45, 2.75) is 18.7 Å². The van der Waals surface area contributed by atoms with Crippen LogP contribution in [-0.2, 0) is 10.0 Å². The van der Waals surface area contributed by atoms with Gasteiger partial charge in [-0.15, -0.1) is 0 Å². The van der Waals surface area contributed by atoms with Gasteiger partial charge in [-0.25, -0.2) is 17.5 Å². The normalized spacial score (nSPS) is 11.4. The number of sulfonamides is 1. The topological polar surface area (TPSA) is 75.3 Å². The Labute approximate surface area is 154 Å². The number of hydrogen-bond acceptors (Lipinski definition) is 3. The molecule has 0 spiro atoms. The van der Waals surface area contributed by atoms with E-state index in [4.69, 9.17) is 0 Å². The summed E-state index contributed by atoms with van der Waals surface area (Å²) in [5.74, 6) is -0.873. The summed E-state index contributed by atoms with van der Waals surface area (Å²) in [7, 11) is -3.65. The highest BCUT2D eigenvalue weighted by atomic mass is 79.9. The van der Waals surface area contributed by atoms with Crippen LogP contribution in [0.5, 0.6) is 0 Å². The summed E-state index contributed by atoms with van der Waals surface area (Å²) in [6.45, 7) is 3.69. The SMILES string of the molecule is Cc1ccc(C)c(S(=O)(=O)NCCNC(=O)c2ccc(F)cc2Br)c1. The largest absolute Gasteiger partial charge is 0.351 e. The van der Waals surface area contributed by atoms with Gasteiger partial charge in [0, 0.05) is 17.6 Å². The molecule has 8 heteroatoms. The minimum atomic E-state index is -3.65. The van der Waals surface area contributed by atoms with Gasteiger partial charge < -0.3 is 5.32 Å². The van der Waals surface area contributed by atoms with Gasteiger partial charge in [-0.1, -0.05) is 12.1 Å². The Bertz CT molecular complexity index is 901. The molecule has 0 saturated carbocycles. The van der Waals surface area contributed by atoms with Gasteiger partial charge in [0.2, 0.25) is 10.0 Å². The lowest BCUT2D eigenvalue weighted by molar-refractivity contribution is 0.0953. The highest BCUT2D eigenvalue weighted by Gasteiger charge is 2.16. The van der Waals surface area contributed by atoms with Crippen molar-refractivity contribution in [3.63, 3.8) is 0 Å². The molecule has 2 N–H and O–H groups in total. The number of hydrogen-bond donors (Lipinski definition) is 2. The molecule has 2 aromatic carbocycles. The van der Waals surface area contributed by atoms with Crippen LogP contribution in [0.1, 0.15) is 21.5 Å². The number of amides is 1. The van der Waals surface area contributed by atoms with Crippen molar-refractivity contribution >= 4 is 31.9 Å². The average molecular weight is 429 g/mol. The summed E-state index contributed by atoms with van der Waals surface area (Å²) < 4.78 is 40.5. The molecule has 0 aliphatic carbocycles. The van der Waals surface area contributed by atoms with Crippen LogP contribution < -0.4 is 10.0 Å². The quantitative estimate of drug-likeness (QED) is 0.694. The van der Waals surface area contributed by atoms with Gasteiger partial charge in [0.1, 0.15) is 5.82 Å². The number of halogens is 2. The van der Waals surface area contributed by atoms with Crippen molar-refractivity contribution in [1.29, 1.82) is 0 Å². The van der Waals surface area contributed by atoms with Crippen LogP contribution in [0.3, 0.4) is 0 Å². The molecule has 0 saturated heterocycles. The monoisotopic (exact) mass is 428 g/mol. The Hall–Kier alpha value is -1.77. The zero-order chi connectivity index (χ0) is 18.6. The van der Waals surface area contributed by atoms with Crippen molar-refractivity contribution in [2.24, 2.45) is 0 Å². The number of rotatable bonds is 6. The maximum atomic E-state index is 13.0. The number of carbonyl (C=O) groups is 1. The first kappa shape index (κ1) is 19.6. The molecule has 0 radical (unpaired) electrons. The van der Waals surface area contributed by atoms with Crippen molar-refractivity contribution in [1.82, 2.24) is 10.0 Å². The van der Waals surface area contributed by atoms with Crippen molar-refractivity contribution < 1.29 is 17.6 Å². The van der Waals surface area contributed by atoms with Crippen molar-refractivity contribution in [3.05, 3.63) is 63.4 Å². The third-order valence-electron chi connectivity index (χ3n) is 3.51.